The van der Waals surface area contributed by atoms with E-state index in [0.29, 0.717) is 35.6 Å². The number of piperidine rings is 1. The molecule has 0 radical (unpaired) electrons. The summed E-state index contributed by atoms with van der Waals surface area (Å²) in [6, 6.07) is 11.5. The van der Waals surface area contributed by atoms with Crippen molar-refractivity contribution in [2.45, 2.75) is 65.0 Å². The van der Waals surface area contributed by atoms with Crippen molar-refractivity contribution in [1.82, 2.24) is 9.88 Å². The zero-order chi connectivity index (χ0) is 24.2. The van der Waals surface area contributed by atoms with Crippen molar-refractivity contribution in [3.8, 4) is 5.88 Å². The average molecular weight is 487 g/mol. The Kier molecular flexibility index (Phi) is 11.1. The number of hydrogen-bond acceptors (Lipinski definition) is 6. The first-order chi connectivity index (χ1) is 16.6. The Labute approximate surface area is 209 Å². The summed E-state index contributed by atoms with van der Waals surface area (Å²) >= 11 is 6.01. The van der Waals surface area contributed by atoms with E-state index in [1.807, 2.05) is 36.4 Å². The van der Waals surface area contributed by atoms with Crippen LogP contribution < -0.4 is 10.1 Å². The lowest BCUT2D eigenvalue weighted by Crippen LogP contribution is -2.31. The van der Waals surface area contributed by atoms with E-state index in [1.165, 1.54) is 32.4 Å². The number of rotatable bonds is 14. The molecule has 0 spiro atoms. The number of nitrogens with zero attached hydrogens (tertiary/aromatic N) is 2. The highest BCUT2D eigenvalue weighted by Gasteiger charge is 2.14. The highest BCUT2D eigenvalue weighted by Crippen LogP contribution is 2.22. The fourth-order valence-electron chi connectivity index (χ4n) is 4.12. The molecule has 1 saturated heterocycles. The number of benzene rings is 1. The van der Waals surface area contributed by atoms with Gasteiger partial charge in [-0.1, -0.05) is 44.0 Å². The molecule has 0 amide bonds. The summed E-state index contributed by atoms with van der Waals surface area (Å²) in [6.07, 6.45) is 6.94. The minimum absolute atomic E-state index is 0.130. The van der Waals surface area contributed by atoms with Gasteiger partial charge in [-0.05, 0) is 69.0 Å². The fraction of sp³-hybridized carbons (Fsp3) is 0.556. The Balaban J connectivity index is 1.59. The van der Waals surface area contributed by atoms with Crippen molar-refractivity contribution in [1.29, 1.82) is 5.41 Å². The largest absolute Gasteiger partial charge is 0.474 e. The Hall–Kier alpha value is -2.15. The Morgan fingerprint density at radius 2 is 1.82 bits per heavy atom. The van der Waals surface area contributed by atoms with Gasteiger partial charge in [0.2, 0.25) is 5.88 Å². The second kappa shape index (κ2) is 14.3. The number of anilines is 1. The lowest BCUT2D eigenvalue weighted by atomic mass is 10.1. The molecule has 0 unspecified atom stereocenters. The lowest BCUT2D eigenvalue weighted by Gasteiger charge is -2.26. The summed E-state index contributed by atoms with van der Waals surface area (Å²) in [7, 11) is 0. The first kappa shape index (κ1) is 26.5. The van der Waals surface area contributed by atoms with Crippen LogP contribution >= 0.6 is 11.6 Å². The number of likely N-dealkylation sites (tertiary alicyclic amines) is 1. The third kappa shape index (κ3) is 8.57. The van der Waals surface area contributed by atoms with Gasteiger partial charge in [0.25, 0.3) is 0 Å². The van der Waals surface area contributed by atoms with Crippen molar-refractivity contribution in [2.24, 2.45) is 0 Å². The molecule has 0 aliphatic carbocycles. The average Bonchev–Trinajstić information content (AvgIpc) is 2.87. The predicted molar refractivity (Wildman–Crippen MR) is 141 cm³/mol. The second-order valence-electron chi connectivity index (χ2n) is 8.87. The number of ether oxygens (including phenoxy) is 2. The number of hydrogen-bond donors (Lipinski definition) is 2. The molecular weight excluding hydrogens is 448 g/mol. The van der Waals surface area contributed by atoms with Crippen LogP contribution in [0.15, 0.2) is 36.4 Å². The number of aromatic nitrogens is 1. The molecule has 7 heteroatoms. The van der Waals surface area contributed by atoms with Crippen molar-refractivity contribution in [3.63, 3.8) is 0 Å². The molecule has 2 heterocycles. The van der Waals surface area contributed by atoms with E-state index in [-0.39, 0.29) is 12.7 Å². The highest BCUT2D eigenvalue weighted by atomic mass is 35.5. The van der Waals surface area contributed by atoms with Crippen LogP contribution in [0.5, 0.6) is 5.88 Å². The standard InChI is InChI=1S/C27H39ClN4O2/c1-3-23(4-2)34-26-14-13-24(27(31-26)30-19-21-9-11-22(28)12-10-21)25(29)20-33-18-8-17-32-15-6-5-7-16-32/h9-14,23,29H,3-8,15-20H2,1-2H3,(H,30,31). The molecule has 1 aliphatic heterocycles. The monoisotopic (exact) mass is 486 g/mol. The maximum Gasteiger partial charge on any atom is 0.215 e. The molecule has 2 N–H and O–H groups in total. The van der Waals surface area contributed by atoms with Crippen LogP contribution in [0, 0.1) is 5.41 Å². The second-order valence-corrected chi connectivity index (χ2v) is 9.31. The molecule has 34 heavy (non-hydrogen) atoms. The molecular formula is C27H39ClN4O2. The Morgan fingerprint density at radius 1 is 1.09 bits per heavy atom. The number of pyridine rings is 1. The Bertz CT molecular complexity index is 881. The molecule has 1 fully saturated rings. The van der Waals surface area contributed by atoms with E-state index in [1.54, 1.807) is 0 Å². The van der Waals surface area contributed by atoms with E-state index >= 15 is 0 Å². The summed E-state index contributed by atoms with van der Waals surface area (Å²) in [5.41, 5.74) is 2.24. The molecule has 1 aliphatic rings. The first-order valence-corrected chi connectivity index (χ1v) is 13.0. The molecule has 0 atom stereocenters. The van der Waals surface area contributed by atoms with Gasteiger partial charge < -0.3 is 25.1 Å². The van der Waals surface area contributed by atoms with Crippen molar-refractivity contribution >= 4 is 23.1 Å². The zero-order valence-electron chi connectivity index (χ0n) is 20.6. The molecule has 2 aromatic rings. The first-order valence-electron chi connectivity index (χ1n) is 12.6. The highest BCUT2D eigenvalue weighted by molar-refractivity contribution is 6.30. The van der Waals surface area contributed by atoms with Gasteiger partial charge in [-0.25, -0.2) is 0 Å². The van der Waals surface area contributed by atoms with Crippen LogP contribution in [0.1, 0.15) is 63.5 Å². The van der Waals surface area contributed by atoms with Gasteiger partial charge >= 0.3 is 0 Å². The molecule has 3 rings (SSSR count). The quantitative estimate of drug-likeness (QED) is 0.246. The minimum atomic E-state index is 0.130. The number of halogens is 1. The minimum Gasteiger partial charge on any atom is -0.474 e. The van der Waals surface area contributed by atoms with E-state index in [0.717, 1.165) is 36.9 Å². The third-order valence-corrected chi connectivity index (χ3v) is 6.48. The lowest BCUT2D eigenvalue weighted by molar-refractivity contribution is 0.145. The van der Waals surface area contributed by atoms with Crippen molar-refractivity contribution in [3.05, 3.63) is 52.5 Å². The van der Waals surface area contributed by atoms with Crippen LogP contribution in [-0.2, 0) is 11.3 Å². The van der Waals surface area contributed by atoms with Crippen LogP contribution in [-0.4, -0.2) is 54.5 Å². The predicted octanol–water partition coefficient (Wildman–Crippen LogP) is 6.17. The SMILES string of the molecule is CCC(CC)Oc1ccc(C(=N)COCCCN2CCCCC2)c(NCc2ccc(Cl)cc2)n1. The van der Waals surface area contributed by atoms with Gasteiger partial charge in [0, 0.05) is 36.3 Å². The molecule has 1 aromatic heterocycles. The van der Waals surface area contributed by atoms with E-state index in [9.17, 15) is 0 Å². The van der Waals surface area contributed by atoms with Gasteiger partial charge in [0.1, 0.15) is 5.82 Å². The van der Waals surface area contributed by atoms with E-state index < -0.39 is 0 Å². The summed E-state index contributed by atoms with van der Waals surface area (Å²) in [5.74, 6) is 1.21. The van der Waals surface area contributed by atoms with Crippen molar-refractivity contribution < 1.29 is 9.47 Å². The third-order valence-electron chi connectivity index (χ3n) is 6.22. The van der Waals surface area contributed by atoms with Crippen LogP contribution in [0.3, 0.4) is 0 Å². The molecule has 6 nitrogen and oxygen atoms in total. The van der Waals surface area contributed by atoms with Crippen molar-refractivity contribution in [2.75, 3.05) is 38.2 Å². The summed E-state index contributed by atoms with van der Waals surface area (Å²) in [4.78, 5) is 7.22. The maximum absolute atomic E-state index is 8.62. The smallest absolute Gasteiger partial charge is 0.215 e. The van der Waals surface area contributed by atoms with Gasteiger partial charge in [0.15, 0.2) is 0 Å². The van der Waals surface area contributed by atoms with Crippen LogP contribution in [0.2, 0.25) is 5.02 Å². The maximum atomic E-state index is 8.62. The molecule has 186 valence electrons. The summed E-state index contributed by atoms with van der Waals surface area (Å²) < 4.78 is 11.9. The topological polar surface area (TPSA) is 70.5 Å². The van der Waals surface area contributed by atoms with Gasteiger partial charge in [-0.2, -0.15) is 4.98 Å². The van der Waals surface area contributed by atoms with Crippen LogP contribution in [0.25, 0.3) is 0 Å². The summed E-state index contributed by atoms with van der Waals surface area (Å²) in [5, 5.41) is 12.7. The zero-order valence-corrected chi connectivity index (χ0v) is 21.4. The van der Waals surface area contributed by atoms with Gasteiger partial charge in [0.05, 0.1) is 18.4 Å². The fourth-order valence-corrected chi connectivity index (χ4v) is 4.25. The summed E-state index contributed by atoms with van der Waals surface area (Å²) in [6.45, 7) is 9.21. The van der Waals surface area contributed by atoms with Crippen LogP contribution in [0.4, 0.5) is 5.82 Å². The molecule has 0 bridgehead atoms. The number of nitrogens with one attached hydrogen (secondary N) is 2. The molecule has 0 saturated carbocycles. The van der Waals surface area contributed by atoms with E-state index in [4.69, 9.17) is 31.5 Å². The van der Waals surface area contributed by atoms with E-state index in [2.05, 4.69) is 24.1 Å². The molecule has 1 aromatic carbocycles. The normalized spacial score (nSPS) is 14.4. The van der Waals surface area contributed by atoms with Gasteiger partial charge in [-0.3, -0.25) is 0 Å². The Morgan fingerprint density at radius 3 is 2.53 bits per heavy atom. The van der Waals surface area contributed by atoms with Gasteiger partial charge in [-0.15, -0.1) is 0 Å².